The maximum atomic E-state index is 4.65. The Morgan fingerprint density at radius 3 is 2.75 bits per heavy atom. The number of hydrogen-bond acceptors (Lipinski definition) is 2. The third-order valence-corrected chi connectivity index (χ3v) is 3.30. The van der Waals surface area contributed by atoms with Crippen molar-refractivity contribution in [3.63, 3.8) is 0 Å². The second-order valence-electron chi connectivity index (χ2n) is 5.90. The van der Waals surface area contributed by atoms with Gasteiger partial charge in [0.25, 0.3) is 0 Å². The van der Waals surface area contributed by atoms with Gasteiger partial charge in [0.2, 0.25) is 0 Å². The molecule has 90 valence electrons. The third-order valence-electron chi connectivity index (χ3n) is 3.30. The molecule has 1 aromatic heterocycles. The number of aromatic nitrogens is 2. The summed E-state index contributed by atoms with van der Waals surface area (Å²) in [5.74, 6) is 0.650. The SMILES string of the molecule is Cn1cc(C2CCCNC2)c(C(C)(C)C)n1. The number of piperidine rings is 1. The molecule has 1 saturated heterocycles. The first-order valence-electron chi connectivity index (χ1n) is 6.23. The molecule has 0 aromatic carbocycles. The van der Waals surface area contributed by atoms with E-state index in [9.17, 15) is 0 Å². The van der Waals surface area contributed by atoms with Gasteiger partial charge in [0.1, 0.15) is 0 Å². The molecule has 1 fully saturated rings. The van der Waals surface area contributed by atoms with E-state index in [0.29, 0.717) is 5.92 Å². The lowest BCUT2D eigenvalue weighted by atomic mass is 9.83. The van der Waals surface area contributed by atoms with Gasteiger partial charge in [-0.2, -0.15) is 5.10 Å². The Labute approximate surface area is 98.2 Å². The molecule has 0 amide bonds. The first-order valence-corrected chi connectivity index (χ1v) is 6.23. The summed E-state index contributed by atoms with van der Waals surface area (Å²) >= 11 is 0. The van der Waals surface area contributed by atoms with Crippen molar-refractivity contribution >= 4 is 0 Å². The van der Waals surface area contributed by atoms with Crippen molar-refractivity contribution in [3.05, 3.63) is 17.5 Å². The first kappa shape index (κ1) is 11.6. The minimum atomic E-state index is 0.147. The Kier molecular flexibility index (Phi) is 3.06. The lowest BCUT2D eigenvalue weighted by Crippen LogP contribution is -2.29. The average Bonchev–Trinajstić information content (AvgIpc) is 2.61. The normalized spacial score (nSPS) is 22.4. The molecule has 1 atom stereocenters. The molecule has 3 heteroatoms. The molecule has 16 heavy (non-hydrogen) atoms. The van der Waals surface area contributed by atoms with Gasteiger partial charge in [-0.15, -0.1) is 0 Å². The fraction of sp³-hybridized carbons (Fsp3) is 0.769. The zero-order valence-corrected chi connectivity index (χ0v) is 10.9. The monoisotopic (exact) mass is 221 g/mol. The molecular weight excluding hydrogens is 198 g/mol. The average molecular weight is 221 g/mol. The van der Waals surface area contributed by atoms with Crippen LogP contribution in [-0.2, 0) is 12.5 Å². The van der Waals surface area contributed by atoms with Crippen LogP contribution in [0.1, 0.15) is 50.8 Å². The van der Waals surface area contributed by atoms with Crippen molar-refractivity contribution in [2.75, 3.05) is 13.1 Å². The van der Waals surface area contributed by atoms with E-state index in [1.54, 1.807) is 0 Å². The number of rotatable bonds is 1. The largest absolute Gasteiger partial charge is 0.316 e. The summed E-state index contributed by atoms with van der Waals surface area (Å²) in [6.45, 7) is 9.01. The van der Waals surface area contributed by atoms with Gasteiger partial charge < -0.3 is 5.32 Å². The number of aryl methyl sites for hydroxylation is 1. The van der Waals surface area contributed by atoms with Crippen LogP contribution in [0.15, 0.2) is 6.20 Å². The zero-order chi connectivity index (χ0) is 11.8. The van der Waals surface area contributed by atoms with Crippen molar-refractivity contribution in [3.8, 4) is 0 Å². The van der Waals surface area contributed by atoms with Crippen molar-refractivity contribution in [2.24, 2.45) is 7.05 Å². The Bertz CT molecular complexity index is 354. The van der Waals surface area contributed by atoms with Gasteiger partial charge in [0, 0.05) is 25.2 Å². The number of hydrogen-bond donors (Lipinski definition) is 1. The molecule has 1 N–H and O–H groups in total. The summed E-state index contributed by atoms with van der Waals surface area (Å²) in [5.41, 5.74) is 2.86. The van der Waals surface area contributed by atoms with E-state index in [1.165, 1.54) is 30.6 Å². The van der Waals surface area contributed by atoms with E-state index in [2.05, 4.69) is 37.4 Å². The van der Waals surface area contributed by atoms with E-state index < -0.39 is 0 Å². The molecule has 0 radical (unpaired) electrons. The highest BCUT2D eigenvalue weighted by Gasteiger charge is 2.27. The molecule has 0 aliphatic carbocycles. The summed E-state index contributed by atoms with van der Waals surface area (Å²) in [7, 11) is 2.02. The predicted octanol–water partition coefficient (Wildman–Crippen LogP) is 2.18. The van der Waals surface area contributed by atoms with E-state index in [-0.39, 0.29) is 5.41 Å². The van der Waals surface area contributed by atoms with Crippen LogP contribution in [0.2, 0.25) is 0 Å². The van der Waals surface area contributed by atoms with Crippen molar-refractivity contribution < 1.29 is 0 Å². The van der Waals surface area contributed by atoms with Crippen LogP contribution in [0.5, 0.6) is 0 Å². The fourth-order valence-corrected chi connectivity index (χ4v) is 2.51. The van der Waals surface area contributed by atoms with Gasteiger partial charge >= 0.3 is 0 Å². The van der Waals surface area contributed by atoms with E-state index >= 15 is 0 Å². The molecule has 0 spiro atoms. The van der Waals surface area contributed by atoms with Crippen LogP contribution >= 0.6 is 0 Å². The van der Waals surface area contributed by atoms with Crippen LogP contribution in [0.25, 0.3) is 0 Å². The standard InChI is InChI=1S/C13H23N3/c1-13(2,3)12-11(9-16(4)15-12)10-6-5-7-14-8-10/h9-10,14H,5-8H2,1-4H3. The van der Waals surface area contributed by atoms with Gasteiger partial charge in [-0.25, -0.2) is 0 Å². The summed E-state index contributed by atoms with van der Waals surface area (Å²) in [6, 6.07) is 0. The Morgan fingerprint density at radius 2 is 2.19 bits per heavy atom. The maximum absolute atomic E-state index is 4.65. The highest BCUT2D eigenvalue weighted by molar-refractivity contribution is 5.28. The van der Waals surface area contributed by atoms with Crippen molar-refractivity contribution in [1.82, 2.24) is 15.1 Å². The van der Waals surface area contributed by atoms with Crippen LogP contribution in [0.3, 0.4) is 0 Å². The van der Waals surface area contributed by atoms with E-state index in [0.717, 1.165) is 6.54 Å². The second-order valence-corrected chi connectivity index (χ2v) is 5.90. The Morgan fingerprint density at radius 1 is 1.44 bits per heavy atom. The van der Waals surface area contributed by atoms with Crippen LogP contribution in [0.4, 0.5) is 0 Å². The highest BCUT2D eigenvalue weighted by atomic mass is 15.3. The summed E-state index contributed by atoms with van der Waals surface area (Å²) in [4.78, 5) is 0. The van der Waals surface area contributed by atoms with Gasteiger partial charge in [0.15, 0.2) is 0 Å². The fourth-order valence-electron chi connectivity index (χ4n) is 2.51. The molecule has 1 aliphatic rings. The van der Waals surface area contributed by atoms with Crippen molar-refractivity contribution in [1.29, 1.82) is 0 Å². The van der Waals surface area contributed by atoms with Gasteiger partial charge in [0.05, 0.1) is 5.69 Å². The summed E-state index contributed by atoms with van der Waals surface area (Å²) in [5, 5.41) is 8.13. The molecule has 1 aromatic rings. The van der Waals surface area contributed by atoms with Gasteiger partial charge in [-0.05, 0) is 30.9 Å². The topological polar surface area (TPSA) is 29.9 Å². The maximum Gasteiger partial charge on any atom is 0.0713 e. The lowest BCUT2D eigenvalue weighted by Gasteiger charge is -2.26. The lowest BCUT2D eigenvalue weighted by molar-refractivity contribution is 0.451. The van der Waals surface area contributed by atoms with Crippen LogP contribution in [0, 0.1) is 0 Å². The van der Waals surface area contributed by atoms with Gasteiger partial charge in [-0.3, -0.25) is 4.68 Å². The van der Waals surface area contributed by atoms with Crippen molar-refractivity contribution in [2.45, 2.75) is 44.9 Å². The number of nitrogens with one attached hydrogen (secondary N) is 1. The van der Waals surface area contributed by atoms with E-state index in [1.807, 2.05) is 11.7 Å². The molecule has 3 nitrogen and oxygen atoms in total. The Hall–Kier alpha value is -0.830. The molecule has 2 heterocycles. The first-order chi connectivity index (χ1) is 7.48. The molecule has 0 bridgehead atoms. The molecule has 1 unspecified atom stereocenters. The quantitative estimate of drug-likeness (QED) is 0.788. The number of nitrogens with zero attached hydrogens (tertiary/aromatic N) is 2. The van der Waals surface area contributed by atoms with E-state index in [4.69, 9.17) is 0 Å². The van der Waals surface area contributed by atoms with Crippen LogP contribution in [-0.4, -0.2) is 22.9 Å². The molecule has 0 saturated carbocycles. The van der Waals surface area contributed by atoms with Gasteiger partial charge in [-0.1, -0.05) is 20.8 Å². The van der Waals surface area contributed by atoms with Crippen LogP contribution < -0.4 is 5.32 Å². The smallest absolute Gasteiger partial charge is 0.0713 e. The Balaban J connectivity index is 2.31. The summed E-state index contributed by atoms with van der Waals surface area (Å²) < 4.78 is 1.96. The zero-order valence-electron chi connectivity index (χ0n) is 10.9. The predicted molar refractivity (Wildman–Crippen MR) is 66.8 cm³/mol. The minimum absolute atomic E-state index is 0.147. The highest BCUT2D eigenvalue weighted by Crippen LogP contribution is 2.32. The second kappa shape index (κ2) is 4.21. The molecule has 1 aliphatic heterocycles. The molecule has 2 rings (SSSR count). The molecular formula is C13H23N3. The third kappa shape index (κ3) is 2.29. The summed E-state index contributed by atoms with van der Waals surface area (Å²) in [6.07, 6.45) is 4.78. The minimum Gasteiger partial charge on any atom is -0.316 e.